The van der Waals surface area contributed by atoms with Crippen molar-refractivity contribution in [3.05, 3.63) is 70.2 Å². The lowest BCUT2D eigenvalue weighted by Gasteiger charge is -2.44. The monoisotopic (exact) mass is 440 g/mol. The number of Topliss-reactive ketones (excluding diaryl/α,β-unsaturated/α-hetero) is 2. The van der Waals surface area contributed by atoms with E-state index in [0.29, 0.717) is 16.1 Å². The van der Waals surface area contributed by atoms with Gasteiger partial charge in [0.1, 0.15) is 11.5 Å². The van der Waals surface area contributed by atoms with E-state index in [2.05, 4.69) is 20.8 Å². The van der Waals surface area contributed by atoms with Gasteiger partial charge in [-0.25, -0.2) is 0 Å². The lowest BCUT2D eigenvalue weighted by Crippen LogP contribution is -2.54. The van der Waals surface area contributed by atoms with Crippen molar-refractivity contribution in [2.75, 3.05) is 0 Å². The van der Waals surface area contributed by atoms with Crippen molar-refractivity contribution >= 4 is 29.1 Å². The average Bonchev–Trinajstić information content (AvgIpc) is 2.70. The normalized spacial score (nSPS) is 23.4. The molecule has 0 aromatic heterocycles. The Hall–Kier alpha value is -2.46. The zero-order chi connectivity index (χ0) is 23.2. The van der Waals surface area contributed by atoms with Crippen LogP contribution >= 0.6 is 11.6 Å². The van der Waals surface area contributed by atoms with E-state index in [0.717, 1.165) is 5.56 Å². The molecule has 1 saturated heterocycles. The SMILES string of the molecule is CC1(CC(=O)c2ccc(C(C)(C)C)cc2)C(=O)OC(c2ccc(Cl)cc2)C(C)(C)C1=O. The van der Waals surface area contributed by atoms with Crippen LogP contribution < -0.4 is 0 Å². The Morgan fingerprint density at radius 1 is 0.968 bits per heavy atom. The molecule has 2 aromatic carbocycles. The maximum Gasteiger partial charge on any atom is 0.320 e. The fraction of sp³-hybridized carbons (Fsp3) is 0.423. The van der Waals surface area contributed by atoms with E-state index in [1.165, 1.54) is 6.92 Å². The van der Waals surface area contributed by atoms with E-state index in [1.807, 2.05) is 12.1 Å². The Bertz CT molecular complexity index is 1010. The summed E-state index contributed by atoms with van der Waals surface area (Å²) in [6.07, 6.45) is -0.963. The number of halogens is 1. The molecule has 2 unspecified atom stereocenters. The van der Waals surface area contributed by atoms with Gasteiger partial charge in [-0.2, -0.15) is 0 Å². The van der Waals surface area contributed by atoms with Crippen LogP contribution in [0.5, 0.6) is 0 Å². The van der Waals surface area contributed by atoms with Crippen LogP contribution in [0.25, 0.3) is 0 Å². The minimum Gasteiger partial charge on any atom is -0.456 e. The lowest BCUT2D eigenvalue weighted by atomic mass is 9.64. The zero-order valence-corrected chi connectivity index (χ0v) is 19.7. The number of hydrogen-bond acceptors (Lipinski definition) is 4. The molecule has 5 heteroatoms. The molecule has 2 aromatic rings. The van der Waals surface area contributed by atoms with Crippen LogP contribution in [0.1, 0.15) is 75.6 Å². The van der Waals surface area contributed by atoms with Crippen molar-refractivity contribution in [2.45, 2.75) is 59.5 Å². The Kier molecular flexibility index (Phi) is 5.92. The first-order valence-corrected chi connectivity index (χ1v) is 10.8. The topological polar surface area (TPSA) is 60.4 Å². The minimum atomic E-state index is -1.54. The Labute approximate surface area is 188 Å². The van der Waals surface area contributed by atoms with E-state index < -0.39 is 22.9 Å². The van der Waals surface area contributed by atoms with Gasteiger partial charge in [0.15, 0.2) is 11.6 Å². The van der Waals surface area contributed by atoms with Gasteiger partial charge in [-0.05, 0) is 49.4 Å². The van der Waals surface area contributed by atoms with Crippen LogP contribution in [0, 0.1) is 10.8 Å². The summed E-state index contributed by atoms with van der Waals surface area (Å²) in [7, 11) is 0. The van der Waals surface area contributed by atoms with Crippen LogP contribution in [0.15, 0.2) is 48.5 Å². The standard InChI is InChI=1S/C26H29ClO4/c1-24(2,3)18-11-7-16(8-12-18)20(28)15-26(6)22(29)25(4,5)21(31-23(26)30)17-9-13-19(27)14-10-17/h7-14,21H,15H2,1-6H3. The van der Waals surface area contributed by atoms with Crippen LogP contribution in [-0.2, 0) is 19.7 Å². The van der Waals surface area contributed by atoms with Gasteiger partial charge in [-0.1, -0.05) is 68.8 Å². The van der Waals surface area contributed by atoms with E-state index in [9.17, 15) is 14.4 Å². The third-order valence-corrected chi connectivity index (χ3v) is 6.43. The van der Waals surface area contributed by atoms with Crippen molar-refractivity contribution in [3.63, 3.8) is 0 Å². The minimum absolute atomic E-state index is 0.0304. The van der Waals surface area contributed by atoms with Crippen LogP contribution in [0.4, 0.5) is 0 Å². The molecular formula is C26H29ClO4. The molecule has 3 rings (SSSR count). The maximum atomic E-state index is 13.5. The molecule has 2 atom stereocenters. The first-order chi connectivity index (χ1) is 14.3. The van der Waals surface area contributed by atoms with Gasteiger partial charge < -0.3 is 4.74 Å². The largest absolute Gasteiger partial charge is 0.456 e. The number of benzene rings is 2. The molecular weight excluding hydrogens is 412 g/mol. The number of carbonyl (C=O) groups is 3. The number of carbonyl (C=O) groups excluding carboxylic acids is 3. The molecule has 0 radical (unpaired) electrons. The van der Waals surface area contributed by atoms with Gasteiger partial charge in [-0.15, -0.1) is 0 Å². The summed E-state index contributed by atoms with van der Waals surface area (Å²) in [5, 5.41) is 0.558. The number of ketones is 2. The number of esters is 1. The third kappa shape index (κ3) is 4.31. The molecule has 0 bridgehead atoms. The Morgan fingerprint density at radius 3 is 2.03 bits per heavy atom. The molecule has 0 spiro atoms. The molecule has 1 aliphatic heterocycles. The summed E-state index contributed by atoms with van der Waals surface area (Å²) < 4.78 is 5.76. The predicted octanol–water partition coefficient (Wildman–Crippen LogP) is 6.11. The fourth-order valence-corrected chi connectivity index (χ4v) is 4.29. The Balaban J connectivity index is 1.86. The number of rotatable bonds is 4. The second-order valence-electron chi connectivity index (χ2n) is 10.1. The summed E-state index contributed by atoms with van der Waals surface area (Å²) in [5.41, 5.74) is -0.277. The van der Waals surface area contributed by atoms with Gasteiger partial charge in [-0.3, -0.25) is 14.4 Å². The third-order valence-electron chi connectivity index (χ3n) is 6.18. The van der Waals surface area contributed by atoms with Crippen LogP contribution in [0.3, 0.4) is 0 Å². The number of cyclic esters (lactones) is 1. The van der Waals surface area contributed by atoms with Crippen molar-refractivity contribution in [1.29, 1.82) is 0 Å². The molecule has 0 amide bonds. The zero-order valence-electron chi connectivity index (χ0n) is 18.9. The highest BCUT2D eigenvalue weighted by atomic mass is 35.5. The maximum absolute atomic E-state index is 13.5. The van der Waals surface area contributed by atoms with E-state index in [1.54, 1.807) is 50.2 Å². The molecule has 1 fully saturated rings. The van der Waals surface area contributed by atoms with Crippen molar-refractivity contribution in [2.24, 2.45) is 10.8 Å². The molecule has 0 saturated carbocycles. The fourth-order valence-electron chi connectivity index (χ4n) is 4.16. The molecule has 1 aliphatic rings. The van der Waals surface area contributed by atoms with E-state index in [-0.39, 0.29) is 23.4 Å². The average molecular weight is 441 g/mol. The Morgan fingerprint density at radius 2 is 1.52 bits per heavy atom. The van der Waals surface area contributed by atoms with Crippen LogP contribution in [-0.4, -0.2) is 17.5 Å². The lowest BCUT2D eigenvalue weighted by molar-refractivity contribution is -0.187. The van der Waals surface area contributed by atoms with Crippen LogP contribution in [0.2, 0.25) is 5.02 Å². The molecule has 0 aliphatic carbocycles. The highest BCUT2D eigenvalue weighted by Crippen LogP contribution is 2.49. The smallest absolute Gasteiger partial charge is 0.320 e. The molecule has 1 heterocycles. The van der Waals surface area contributed by atoms with Gasteiger partial charge in [0.25, 0.3) is 0 Å². The van der Waals surface area contributed by atoms with Gasteiger partial charge in [0.05, 0.1) is 5.41 Å². The first-order valence-electron chi connectivity index (χ1n) is 10.4. The van der Waals surface area contributed by atoms with Crippen molar-refractivity contribution in [3.8, 4) is 0 Å². The molecule has 31 heavy (non-hydrogen) atoms. The summed E-state index contributed by atoms with van der Waals surface area (Å²) >= 11 is 5.96. The summed E-state index contributed by atoms with van der Waals surface area (Å²) in [4.78, 5) is 39.5. The summed E-state index contributed by atoms with van der Waals surface area (Å²) in [5.74, 6) is -1.22. The first kappa shape index (κ1) is 23.2. The van der Waals surface area contributed by atoms with Gasteiger partial charge in [0.2, 0.25) is 0 Å². The quantitative estimate of drug-likeness (QED) is 0.327. The van der Waals surface area contributed by atoms with Gasteiger partial charge in [0, 0.05) is 17.0 Å². The van der Waals surface area contributed by atoms with Crippen molar-refractivity contribution in [1.82, 2.24) is 0 Å². The van der Waals surface area contributed by atoms with Gasteiger partial charge >= 0.3 is 5.97 Å². The second-order valence-corrected chi connectivity index (χ2v) is 10.6. The summed E-state index contributed by atoms with van der Waals surface area (Å²) in [6.45, 7) is 11.3. The van der Waals surface area contributed by atoms with E-state index in [4.69, 9.17) is 16.3 Å². The molecule has 4 nitrogen and oxygen atoms in total. The molecule has 0 N–H and O–H groups in total. The molecule has 164 valence electrons. The van der Waals surface area contributed by atoms with E-state index >= 15 is 0 Å². The number of ether oxygens (including phenoxy) is 1. The summed E-state index contributed by atoms with van der Waals surface area (Å²) in [6, 6.07) is 14.2. The highest BCUT2D eigenvalue weighted by molar-refractivity contribution is 6.30. The number of hydrogen-bond donors (Lipinski definition) is 0. The van der Waals surface area contributed by atoms with Crippen molar-refractivity contribution < 1.29 is 19.1 Å². The predicted molar refractivity (Wildman–Crippen MR) is 121 cm³/mol. The second kappa shape index (κ2) is 7.90. The highest BCUT2D eigenvalue weighted by Gasteiger charge is 2.58.